The molecular weight excluding hydrogens is 278 g/mol. The van der Waals surface area contributed by atoms with Crippen LogP contribution in [0.4, 0.5) is 0 Å². The van der Waals surface area contributed by atoms with E-state index in [4.69, 9.17) is 4.74 Å². The van der Waals surface area contributed by atoms with Crippen LogP contribution in [0.25, 0.3) is 0 Å². The maximum absolute atomic E-state index is 11.4. The van der Waals surface area contributed by atoms with Crippen molar-refractivity contribution in [3.63, 3.8) is 0 Å². The van der Waals surface area contributed by atoms with Gasteiger partial charge in [-0.05, 0) is 37.6 Å². The molecular formula is C18H23NO3. The molecule has 0 bridgehead atoms. The molecule has 0 saturated heterocycles. The number of allylic oxidation sites excluding steroid dienone is 7. The van der Waals surface area contributed by atoms with Gasteiger partial charge >= 0.3 is 5.97 Å². The second-order valence-electron chi connectivity index (χ2n) is 4.42. The van der Waals surface area contributed by atoms with Crippen molar-refractivity contribution in [3.05, 3.63) is 59.2 Å². The molecule has 1 aliphatic heterocycles. The van der Waals surface area contributed by atoms with E-state index in [1.165, 1.54) is 12.7 Å². The Balaban J connectivity index is 0.00000116. The number of methoxy groups -OCH3 is 1. The summed E-state index contributed by atoms with van der Waals surface area (Å²) in [6.45, 7) is 6.05. The smallest absolute Gasteiger partial charge is 0.356 e. The molecule has 0 radical (unpaired) electrons. The van der Waals surface area contributed by atoms with Crippen molar-refractivity contribution < 1.29 is 14.3 Å². The molecule has 4 nitrogen and oxygen atoms in total. The van der Waals surface area contributed by atoms with Crippen molar-refractivity contribution in [1.82, 2.24) is 0 Å². The fourth-order valence-electron chi connectivity index (χ4n) is 1.77. The molecule has 0 unspecified atom stereocenters. The molecule has 2 aliphatic rings. The third-order valence-corrected chi connectivity index (χ3v) is 2.88. The van der Waals surface area contributed by atoms with Crippen molar-refractivity contribution in [3.8, 4) is 0 Å². The first-order valence-corrected chi connectivity index (χ1v) is 7.43. The number of nitrogens with zero attached hydrogens (tertiary/aromatic N) is 1. The maximum Gasteiger partial charge on any atom is 0.356 e. The Bertz CT molecular complexity index is 575. The van der Waals surface area contributed by atoms with E-state index in [0.29, 0.717) is 12.1 Å². The van der Waals surface area contributed by atoms with Gasteiger partial charge in [0.25, 0.3) is 0 Å². The lowest BCUT2D eigenvalue weighted by molar-refractivity contribution is -0.136. The largest absolute Gasteiger partial charge is 0.464 e. The number of hydrogen-bond acceptors (Lipinski definition) is 4. The summed E-state index contributed by atoms with van der Waals surface area (Å²) in [7, 11) is 1.34. The quantitative estimate of drug-likeness (QED) is 0.733. The number of ether oxygens (including phenoxy) is 2. The molecule has 22 heavy (non-hydrogen) atoms. The molecule has 1 heterocycles. The van der Waals surface area contributed by atoms with E-state index < -0.39 is 5.97 Å². The van der Waals surface area contributed by atoms with Gasteiger partial charge in [-0.3, -0.25) is 0 Å². The van der Waals surface area contributed by atoms with Crippen molar-refractivity contribution in [2.75, 3.05) is 7.11 Å². The van der Waals surface area contributed by atoms with Gasteiger partial charge in [0, 0.05) is 12.6 Å². The number of carbonyl (C=O) groups excluding carboxylic acids is 1. The molecule has 0 atom stereocenters. The second-order valence-corrected chi connectivity index (χ2v) is 4.42. The number of rotatable bonds is 3. The Morgan fingerprint density at radius 1 is 1.18 bits per heavy atom. The molecule has 0 aromatic heterocycles. The van der Waals surface area contributed by atoms with Gasteiger partial charge in [0.1, 0.15) is 17.2 Å². The summed E-state index contributed by atoms with van der Waals surface area (Å²) in [5.41, 5.74) is 1.51. The van der Waals surface area contributed by atoms with Crippen LogP contribution in [-0.4, -0.2) is 19.3 Å². The summed E-state index contributed by atoms with van der Waals surface area (Å²) in [6.07, 6.45) is 14.5. The highest BCUT2D eigenvalue weighted by Gasteiger charge is 2.11. The van der Waals surface area contributed by atoms with Crippen molar-refractivity contribution >= 4 is 12.2 Å². The molecule has 0 saturated carbocycles. The lowest BCUT2D eigenvalue weighted by Crippen LogP contribution is -2.02. The minimum absolute atomic E-state index is 0.297. The van der Waals surface area contributed by atoms with E-state index in [2.05, 4.69) is 22.7 Å². The van der Waals surface area contributed by atoms with Crippen LogP contribution in [-0.2, 0) is 14.3 Å². The number of aliphatic imine (C=N–C) groups is 1. The van der Waals surface area contributed by atoms with Crippen LogP contribution in [0.5, 0.6) is 0 Å². The Labute approximate surface area is 132 Å². The molecule has 0 fully saturated rings. The molecule has 118 valence electrons. The molecule has 0 N–H and O–H groups in total. The van der Waals surface area contributed by atoms with Crippen LogP contribution < -0.4 is 0 Å². The lowest BCUT2D eigenvalue weighted by atomic mass is 10.2. The van der Waals surface area contributed by atoms with Gasteiger partial charge < -0.3 is 9.47 Å². The van der Waals surface area contributed by atoms with E-state index in [1.54, 1.807) is 18.4 Å². The van der Waals surface area contributed by atoms with E-state index >= 15 is 0 Å². The summed E-state index contributed by atoms with van der Waals surface area (Å²) in [5.74, 6) is 1.10. The van der Waals surface area contributed by atoms with E-state index in [9.17, 15) is 4.79 Å². The molecule has 0 amide bonds. The van der Waals surface area contributed by atoms with Crippen LogP contribution in [0.15, 0.2) is 64.2 Å². The molecule has 0 aromatic rings. The van der Waals surface area contributed by atoms with Gasteiger partial charge in [0.05, 0.1) is 7.11 Å². The SMILES string of the molecule is CC.COC(=O)C1=CCC(OC2=CCC=C(C)C=C2)=CC=N1. The Kier molecular flexibility index (Phi) is 7.68. The van der Waals surface area contributed by atoms with Crippen LogP contribution in [0.2, 0.25) is 0 Å². The minimum Gasteiger partial charge on any atom is -0.464 e. The first-order chi connectivity index (χ1) is 10.7. The van der Waals surface area contributed by atoms with E-state index in [0.717, 1.165) is 17.9 Å². The van der Waals surface area contributed by atoms with Crippen LogP contribution in [0.3, 0.4) is 0 Å². The van der Waals surface area contributed by atoms with Crippen molar-refractivity contribution in [1.29, 1.82) is 0 Å². The van der Waals surface area contributed by atoms with Gasteiger partial charge in [-0.15, -0.1) is 0 Å². The van der Waals surface area contributed by atoms with Gasteiger partial charge in [0.2, 0.25) is 0 Å². The fraction of sp³-hybridized carbons (Fsp3) is 0.333. The Hall–Kier alpha value is -2.36. The lowest BCUT2D eigenvalue weighted by Gasteiger charge is -2.07. The highest BCUT2D eigenvalue weighted by atomic mass is 16.5. The zero-order valence-electron chi connectivity index (χ0n) is 13.6. The van der Waals surface area contributed by atoms with E-state index in [1.807, 2.05) is 32.1 Å². The van der Waals surface area contributed by atoms with Crippen LogP contribution in [0, 0.1) is 0 Å². The summed E-state index contributed by atoms with van der Waals surface area (Å²) in [4.78, 5) is 15.4. The zero-order valence-corrected chi connectivity index (χ0v) is 13.6. The van der Waals surface area contributed by atoms with Crippen molar-refractivity contribution in [2.45, 2.75) is 33.6 Å². The van der Waals surface area contributed by atoms with Gasteiger partial charge in [-0.25, -0.2) is 9.79 Å². The molecule has 0 spiro atoms. The molecule has 4 heteroatoms. The zero-order chi connectivity index (χ0) is 16.4. The van der Waals surface area contributed by atoms with Crippen LogP contribution in [0.1, 0.15) is 33.6 Å². The first-order valence-electron chi connectivity index (χ1n) is 7.43. The first kappa shape index (κ1) is 17.7. The molecule has 0 aromatic carbocycles. The minimum atomic E-state index is -0.440. The average Bonchev–Trinajstić information content (AvgIpc) is 2.90. The second kappa shape index (κ2) is 9.55. The topological polar surface area (TPSA) is 47.9 Å². The molecule has 1 aliphatic carbocycles. The van der Waals surface area contributed by atoms with Crippen LogP contribution >= 0.6 is 0 Å². The third kappa shape index (κ3) is 5.56. The van der Waals surface area contributed by atoms with Crippen molar-refractivity contribution in [2.24, 2.45) is 4.99 Å². The highest BCUT2D eigenvalue weighted by molar-refractivity contribution is 5.91. The predicted molar refractivity (Wildman–Crippen MR) is 89.3 cm³/mol. The normalized spacial score (nSPS) is 16.7. The number of esters is 1. The summed E-state index contributed by atoms with van der Waals surface area (Å²) in [6, 6.07) is 0. The number of hydrogen-bond donors (Lipinski definition) is 0. The monoisotopic (exact) mass is 301 g/mol. The Morgan fingerprint density at radius 2 is 1.95 bits per heavy atom. The summed E-state index contributed by atoms with van der Waals surface area (Å²) >= 11 is 0. The Morgan fingerprint density at radius 3 is 2.68 bits per heavy atom. The standard InChI is InChI=1S/C16H17NO3.C2H6/c1-12-4-3-5-13(7-6-12)20-14-8-9-15(16(18)19-2)17-11-10-14;1-2/h4-7,9-11H,3,8H2,1-2H3;1-2H3. The molecule has 2 rings (SSSR count). The summed E-state index contributed by atoms with van der Waals surface area (Å²) < 4.78 is 10.5. The average molecular weight is 301 g/mol. The van der Waals surface area contributed by atoms with Gasteiger partial charge in [-0.1, -0.05) is 31.6 Å². The van der Waals surface area contributed by atoms with E-state index in [-0.39, 0.29) is 0 Å². The van der Waals surface area contributed by atoms with Gasteiger partial charge in [0.15, 0.2) is 0 Å². The fourth-order valence-corrected chi connectivity index (χ4v) is 1.77. The predicted octanol–water partition coefficient (Wildman–Crippen LogP) is 4.23. The number of carbonyl (C=O) groups is 1. The maximum atomic E-state index is 11.4. The highest BCUT2D eigenvalue weighted by Crippen LogP contribution is 2.19. The van der Waals surface area contributed by atoms with Gasteiger partial charge in [-0.2, -0.15) is 0 Å². The third-order valence-electron chi connectivity index (χ3n) is 2.88. The summed E-state index contributed by atoms with van der Waals surface area (Å²) in [5, 5.41) is 0.